The summed E-state index contributed by atoms with van der Waals surface area (Å²) in [5, 5.41) is 5.62. The van der Waals surface area contributed by atoms with Gasteiger partial charge >= 0.3 is 6.09 Å². The van der Waals surface area contributed by atoms with Crippen LogP contribution in [0, 0.1) is 12.3 Å². The largest absolute Gasteiger partial charge is 0.444 e. The maximum atomic E-state index is 13.8. The Labute approximate surface area is 205 Å². The highest BCUT2D eigenvalue weighted by atomic mass is 16.6. The molecule has 1 rings (SSSR count). The number of hydrogen-bond acceptors (Lipinski definition) is 4. The number of alkyl carbamates (subject to hydrolysis) is 1. The lowest BCUT2D eigenvalue weighted by atomic mass is 9.91. The van der Waals surface area contributed by atoms with Gasteiger partial charge in [0, 0.05) is 16.6 Å². The molecule has 7 nitrogen and oxygen atoms in total. The molecule has 0 aliphatic heterocycles. The summed E-state index contributed by atoms with van der Waals surface area (Å²) in [6, 6.07) is 5.17. The van der Waals surface area contributed by atoms with E-state index in [0.717, 1.165) is 0 Å². The van der Waals surface area contributed by atoms with E-state index in [1.54, 1.807) is 56.9 Å². The van der Waals surface area contributed by atoms with Crippen molar-refractivity contribution in [2.45, 2.75) is 104 Å². The highest BCUT2D eigenvalue weighted by Gasteiger charge is 2.42. The first-order valence-corrected chi connectivity index (χ1v) is 11.6. The first kappa shape index (κ1) is 29.0. The van der Waals surface area contributed by atoms with Crippen LogP contribution in [0.1, 0.15) is 92.8 Å². The van der Waals surface area contributed by atoms with Gasteiger partial charge in [0.2, 0.25) is 11.8 Å². The lowest BCUT2D eigenvalue weighted by molar-refractivity contribution is -0.149. The molecule has 7 heteroatoms. The van der Waals surface area contributed by atoms with Crippen molar-refractivity contribution in [1.82, 2.24) is 15.5 Å². The van der Waals surface area contributed by atoms with Crippen molar-refractivity contribution in [1.29, 1.82) is 0 Å². The van der Waals surface area contributed by atoms with E-state index >= 15 is 0 Å². The summed E-state index contributed by atoms with van der Waals surface area (Å²) >= 11 is 0. The van der Waals surface area contributed by atoms with Gasteiger partial charge < -0.3 is 20.3 Å². The molecule has 0 fully saturated rings. The fourth-order valence-electron chi connectivity index (χ4n) is 3.32. The molecule has 188 valence electrons. The zero-order valence-corrected chi connectivity index (χ0v) is 22.3. The van der Waals surface area contributed by atoms with Crippen molar-refractivity contribution in [3.05, 3.63) is 35.4 Å². The van der Waals surface area contributed by atoms with Crippen molar-refractivity contribution < 1.29 is 19.1 Å². The Morgan fingerprint density at radius 3 is 1.97 bits per heavy atom. The lowest BCUT2D eigenvalue weighted by Crippen LogP contribution is -2.59. The van der Waals surface area contributed by atoms with Crippen LogP contribution >= 0.6 is 0 Å². The van der Waals surface area contributed by atoms with Crippen LogP contribution in [-0.4, -0.2) is 45.5 Å². The molecule has 2 atom stereocenters. The van der Waals surface area contributed by atoms with Gasteiger partial charge in [-0.15, -0.1) is 6.42 Å². The Kier molecular flexibility index (Phi) is 9.34. The highest BCUT2D eigenvalue weighted by molar-refractivity contribution is 5.92. The third-order valence-electron chi connectivity index (χ3n) is 5.26. The summed E-state index contributed by atoms with van der Waals surface area (Å²) in [7, 11) is 0. The molecule has 0 saturated heterocycles. The second kappa shape index (κ2) is 10.9. The topological polar surface area (TPSA) is 87.7 Å². The summed E-state index contributed by atoms with van der Waals surface area (Å²) in [4.78, 5) is 41.3. The first-order chi connectivity index (χ1) is 15.4. The molecule has 0 radical (unpaired) electrons. The SMILES string of the molecule is C#Cc1ccc(C(C(=O)NC(C)(C)C)N(C(=O)C(C)NC(=O)OC(C)(C)C)C(C)(C)CC)cc1. The molecule has 2 unspecified atom stereocenters. The monoisotopic (exact) mass is 471 g/mol. The number of nitrogens with zero attached hydrogens (tertiary/aromatic N) is 1. The molecule has 0 aliphatic carbocycles. The van der Waals surface area contributed by atoms with Crippen LogP contribution in [0.5, 0.6) is 0 Å². The maximum absolute atomic E-state index is 13.8. The molecule has 2 N–H and O–H groups in total. The normalized spacial score (nSPS) is 13.8. The zero-order valence-electron chi connectivity index (χ0n) is 22.3. The Morgan fingerprint density at radius 1 is 1.03 bits per heavy atom. The third-order valence-corrected chi connectivity index (χ3v) is 5.26. The van der Waals surface area contributed by atoms with Crippen LogP contribution in [0.2, 0.25) is 0 Å². The smallest absolute Gasteiger partial charge is 0.408 e. The van der Waals surface area contributed by atoms with E-state index in [0.29, 0.717) is 17.5 Å². The number of carbonyl (C=O) groups is 3. The molecule has 34 heavy (non-hydrogen) atoms. The molecule has 0 bridgehead atoms. The Bertz CT molecular complexity index is 915. The summed E-state index contributed by atoms with van der Waals surface area (Å²) < 4.78 is 5.32. The van der Waals surface area contributed by atoms with Crippen molar-refractivity contribution in [2.24, 2.45) is 0 Å². The van der Waals surface area contributed by atoms with Crippen molar-refractivity contribution >= 4 is 17.9 Å². The molecule has 1 aromatic rings. The summed E-state index contributed by atoms with van der Waals surface area (Å²) in [6.45, 7) is 18.2. The Balaban J connectivity index is 3.52. The van der Waals surface area contributed by atoms with Crippen LogP contribution in [0.25, 0.3) is 0 Å². The molecule has 0 aromatic heterocycles. The first-order valence-electron chi connectivity index (χ1n) is 11.6. The number of benzene rings is 1. The van der Waals surface area contributed by atoms with E-state index in [9.17, 15) is 14.4 Å². The lowest BCUT2D eigenvalue weighted by Gasteiger charge is -2.44. The van der Waals surface area contributed by atoms with Crippen molar-refractivity contribution in [2.75, 3.05) is 0 Å². The number of terminal acetylenes is 1. The van der Waals surface area contributed by atoms with Crippen LogP contribution in [-0.2, 0) is 14.3 Å². The third kappa shape index (κ3) is 8.40. The molecule has 1 aromatic carbocycles. The predicted octanol–water partition coefficient (Wildman–Crippen LogP) is 4.55. The van der Waals surface area contributed by atoms with E-state index in [1.807, 2.05) is 41.5 Å². The maximum Gasteiger partial charge on any atom is 0.408 e. The standard InChI is InChI=1S/C27H41N3O4/c1-12-19-14-16-20(17-15-19)21(22(31)29-25(4,5)6)30(27(10,11)13-2)23(32)18(3)28-24(33)34-26(7,8)9/h1,14-18,21H,13H2,2-11H3,(H,28,33)(H,29,31). The number of carbonyl (C=O) groups excluding carboxylic acids is 3. The van der Waals surface area contributed by atoms with Crippen LogP contribution in [0.15, 0.2) is 24.3 Å². The van der Waals surface area contributed by atoms with Gasteiger partial charge in [0.1, 0.15) is 17.7 Å². The average Bonchev–Trinajstić information content (AvgIpc) is 2.68. The minimum Gasteiger partial charge on any atom is -0.444 e. The van der Waals surface area contributed by atoms with Crippen molar-refractivity contribution in [3.8, 4) is 12.3 Å². The minimum absolute atomic E-state index is 0.319. The molecular weight excluding hydrogens is 430 g/mol. The van der Waals surface area contributed by atoms with Gasteiger partial charge in [-0.2, -0.15) is 0 Å². The van der Waals surface area contributed by atoms with Gasteiger partial charge in [-0.3, -0.25) is 9.59 Å². The fraction of sp³-hybridized carbons (Fsp3) is 0.593. The number of ether oxygens (including phenoxy) is 1. The van der Waals surface area contributed by atoms with Gasteiger partial charge in [-0.05, 0) is 86.4 Å². The van der Waals surface area contributed by atoms with E-state index in [4.69, 9.17) is 11.2 Å². The molecule has 3 amide bonds. The number of hydrogen-bond donors (Lipinski definition) is 2. The van der Waals surface area contributed by atoms with Crippen molar-refractivity contribution in [3.63, 3.8) is 0 Å². The van der Waals surface area contributed by atoms with Gasteiger partial charge in [-0.1, -0.05) is 25.0 Å². The quantitative estimate of drug-likeness (QED) is 0.571. The fourth-order valence-corrected chi connectivity index (χ4v) is 3.32. The van der Waals surface area contributed by atoms with Gasteiger partial charge in [0.05, 0.1) is 0 Å². The molecule has 0 aliphatic rings. The number of rotatable bonds is 7. The van der Waals surface area contributed by atoms with Gasteiger partial charge in [-0.25, -0.2) is 4.79 Å². The van der Waals surface area contributed by atoms with Gasteiger partial charge in [0.15, 0.2) is 0 Å². The minimum atomic E-state index is -0.934. The molecule has 0 saturated carbocycles. The van der Waals surface area contributed by atoms with Gasteiger partial charge in [0.25, 0.3) is 0 Å². The number of amides is 3. The summed E-state index contributed by atoms with van der Waals surface area (Å²) in [6.07, 6.45) is 5.39. The Morgan fingerprint density at radius 2 is 1.56 bits per heavy atom. The second-order valence-electron chi connectivity index (χ2n) is 11.2. The molecule has 0 spiro atoms. The highest BCUT2D eigenvalue weighted by Crippen LogP contribution is 2.32. The average molecular weight is 472 g/mol. The number of nitrogens with one attached hydrogen (secondary N) is 2. The van der Waals surface area contributed by atoms with E-state index in [2.05, 4.69) is 16.6 Å². The summed E-state index contributed by atoms with van der Waals surface area (Å²) in [5.74, 6) is 1.86. The van der Waals surface area contributed by atoms with Crippen LogP contribution < -0.4 is 10.6 Å². The predicted molar refractivity (Wildman–Crippen MR) is 135 cm³/mol. The second-order valence-corrected chi connectivity index (χ2v) is 11.2. The zero-order chi connectivity index (χ0) is 26.5. The van der Waals surface area contributed by atoms with E-state index in [1.165, 1.54) is 0 Å². The van der Waals surface area contributed by atoms with Crippen LogP contribution in [0.4, 0.5) is 4.79 Å². The van der Waals surface area contributed by atoms with E-state index in [-0.39, 0.29) is 5.91 Å². The van der Waals surface area contributed by atoms with E-state index < -0.39 is 40.8 Å². The van der Waals surface area contributed by atoms with Crippen LogP contribution in [0.3, 0.4) is 0 Å². The Hall–Kier alpha value is -3.01. The summed E-state index contributed by atoms with van der Waals surface area (Å²) in [5.41, 5.74) is -0.625. The molecule has 0 heterocycles. The molecular formula is C27H41N3O4.